The van der Waals surface area contributed by atoms with Crippen LogP contribution in [0.4, 0.5) is 0 Å². The number of aliphatic hydroxyl groups excluding tert-OH is 3. The van der Waals surface area contributed by atoms with Gasteiger partial charge in [-0.25, -0.2) is 0 Å². The van der Waals surface area contributed by atoms with Crippen LogP contribution in [0.3, 0.4) is 0 Å². The van der Waals surface area contributed by atoms with E-state index in [1.54, 1.807) is 32.4 Å². The molecule has 3 aliphatic rings. The molecule has 0 spiro atoms. The number of aliphatic hydroxyl groups is 3. The number of carbonyl (C=O) groups excluding carboxylic acids is 1. The Morgan fingerprint density at radius 3 is 2.49 bits per heavy atom. The molecule has 210 valence electrons. The summed E-state index contributed by atoms with van der Waals surface area (Å²) >= 11 is 0. The minimum atomic E-state index is -1.68. The largest absolute Gasteiger partial charge is 0.493 e. The zero-order valence-corrected chi connectivity index (χ0v) is 21.0. The lowest BCUT2D eigenvalue weighted by Crippen LogP contribution is -2.60. The van der Waals surface area contributed by atoms with E-state index in [0.717, 1.165) is 11.1 Å². The fourth-order valence-corrected chi connectivity index (χ4v) is 4.92. The normalized spacial score (nSPS) is 28.6. The molecule has 0 amide bonds. The average Bonchev–Trinajstić information content (AvgIpc) is 3.30. The van der Waals surface area contributed by atoms with E-state index in [-0.39, 0.29) is 17.8 Å². The van der Waals surface area contributed by atoms with Crippen LogP contribution in [0.25, 0.3) is 0 Å². The summed E-state index contributed by atoms with van der Waals surface area (Å²) in [6.45, 7) is -0.236. The van der Waals surface area contributed by atoms with Gasteiger partial charge in [0.25, 0.3) is 0 Å². The molecule has 13 heteroatoms. The smallest absolute Gasteiger partial charge is 0.317 e. The molecule has 5 rings (SSSR count). The van der Waals surface area contributed by atoms with Crippen molar-refractivity contribution in [3.8, 4) is 28.7 Å². The van der Waals surface area contributed by atoms with Gasteiger partial charge in [0.05, 0.1) is 26.7 Å². The van der Waals surface area contributed by atoms with Crippen LogP contribution in [0, 0.1) is 0 Å². The lowest BCUT2D eigenvalue weighted by Gasteiger charge is -2.40. The Balaban J connectivity index is 1.30. The Kier molecular flexibility index (Phi) is 7.40. The van der Waals surface area contributed by atoms with Crippen molar-refractivity contribution in [3.63, 3.8) is 0 Å². The lowest BCUT2D eigenvalue weighted by molar-refractivity contribution is -0.278. The molecule has 3 heterocycles. The van der Waals surface area contributed by atoms with Crippen molar-refractivity contribution in [3.05, 3.63) is 41.5 Å². The van der Waals surface area contributed by atoms with Gasteiger partial charge < -0.3 is 53.6 Å². The standard InChI is InChI=1S/C26H28O13/c1-33-15-6-5-12-14-9-35-16-7-11(3-4-13(16)23(14)39-24(12)25(15)34-2)37-26-22(32)21(31)20(30)17(38-26)10-36-19(29)8-18(27)28/h3-7,14,17,20-23,26,30-32H,8-10H2,1-2H3,(H,27,28)/t14-,17+,20+,21-,22+,23+,26-/m0/s1. The second-order valence-electron chi connectivity index (χ2n) is 9.26. The third kappa shape index (κ3) is 5.01. The molecule has 39 heavy (non-hydrogen) atoms. The number of carboxylic acid groups (broad SMARTS) is 1. The highest BCUT2D eigenvalue weighted by Crippen LogP contribution is 2.56. The van der Waals surface area contributed by atoms with Crippen LogP contribution in [0.15, 0.2) is 30.3 Å². The van der Waals surface area contributed by atoms with Crippen molar-refractivity contribution >= 4 is 11.9 Å². The number of ether oxygens (including phenoxy) is 7. The molecule has 0 bridgehead atoms. The second kappa shape index (κ2) is 10.8. The predicted molar refractivity (Wildman–Crippen MR) is 128 cm³/mol. The highest BCUT2D eigenvalue weighted by atomic mass is 16.7. The summed E-state index contributed by atoms with van der Waals surface area (Å²) in [7, 11) is 3.09. The summed E-state index contributed by atoms with van der Waals surface area (Å²) in [5.74, 6) is -0.156. The van der Waals surface area contributed by atoms with Crippen LogP contribution in [0.5, 0.6) is 28.7 Å². The molecule has 2 aromatic rings. The minimum absolute atomic E-state index is 0.0798. The van der Waals surface area contributed by atoms with E-state index in [4.69, 9.17) is 38.3 Å². The number of carboxylic acids is 1. The van der Waals surface area contributed by atoms with Crippen LogP contribution < -0.4 is 23.7 Å². The van der Waals surface area contributed by atoms with Gasteiger partial charge in [0.1, 0.15) is 55.0 Å². The fourth-order valence-electron chi connectivity index (χ4n) is 4.92. The molecule has 13 nitrogen and oxygen atoms in total. The maximum Gasteiger partial charge on any atom is 0.317 e. The van der Waals surface area contributed by atoms with Crippen molar-refractivity contribution < 1.29 is 63.2 Å². The first kappa shape index (κ1) is 26.8. The topological polar surface area (TPSA) is 180 Å². The van der Waals surface area contributed by atoms with Gasteiger partial charge in [0, 0.05) is 17.2 Å². The predicted octanol–water partition coefficient (Wildman–Crippen LogP) is 0.518. The SMILES string of the molecule is COc1ccc2c(c1OC)O[C@@H]1c3ccc(O[C@H]4O[C@H](COC(=O)CC(=O)O)[C@@H](O)[C@H](O)[C@H]4O)cc3OC[C@@H]21. The molecule has 7 atom stereocenters. The van der Waals surface area contributed by atoms with E-state index in [9.17, 15) is 24.9 Å². The molecule has 4 N–H and O–H groups in total. The first-order valence-corrected chi connectivity index (χ1v) is 12.1. The zero-order valence-electron chi connectivity index (χ0n) is 21.0. The van der Waals surface area contributed by atoms with Crippen LogP contribution in [-0.2, 0) is 19.1 Å². The number of benzene rings is 2. The Morgan fingerprint density at radius 2 is 1.77 bits per heavy atom. The van der Waals surface area contributed by atoms with Gasteiger partial charge in [0.15, 0.2) is 11.5 Å². The summed E-state index contributed by atoms with van der Waals surface area (Å²) in [6, 6.07) is 8.69. The third-order valence-electron chi connectivity index (χ3n) is 6.88. The number of aliphatic carboxylic acids is 1. The Hall–Kier alpha value is -3.78. The summed E-state index contributed by atoms with van der Waals surface area (Å²) in [5, 5.41) is 39.6. The number of hydrogen-bond donors (Lipinski definition) is 4. The van der Waals surface area contributed by atoms with Gasteiger partial charge in [-0.05, 0) is 18.2 Å². The Morgan fingerprint density at radius 1 is 1.00 bits per heavy atom. The van der Waals surface area contributed by atoms with Crippen LogP contribution in [0.1, 0.15) is 29.6 Å². The van der Waals surface area contributed by atoms with Gasteiger partial charge in [-0.15, -0.1) is 0 Å². The van der Waals surface area contributed by atoms with Gasteiger partial charge in [-0.3, -0.25) is 9.59 Å². The number of esters is 1. The number of fused-ring (bicyclic) bond motifs is 5. The molecule has 1 fully saturated rings. The number of hydrogen-bond acceptors (Lipinski definition) is 12. The van der Waals surface area contributed by atoms with Crippen LogP contribution in [0.2, 0.25) is 0 Å². The van der Waals surface area contributed by atoms with E-state index in [1.165, 1.54) is 0 Å². The molecule has 0 unspecified atom stereocenters. The Labute approximate surface area is 222 Å². The maximum atomic E-state index is 11.6. The second-order valence-corrected chi connectivity index (χ2v) is 9.26. The number of methoxy groups -OCH3 is 2. The number of rotatable bonds is 8. The van der Waals surface area contributed by atoms with E-state index in [1.807, 2.05) is 12.1 Å². The molecule has 0 aromatic heterocycles. The zero-order chi connectivity index (χ0) is 27.8. The Bertz CT molecular complexity index is 1250. The molecular weight excluding hydrogens is 520 g/mol. The highest BCUT2D eigenvalue weighted by molar-refractivity contribution is 5.90. The summed E-state index contributed by atoms with van der Waals surface area (Å²) < 4.78 is 39.3. The molecule has 0 saturated carbocycles. The van der Waals surface area contributed by atoms with Gasteiger partial charge in [0.2, 0.25) is 12.0 Å². The summed E-state index contributed by atoms with van der Waals surface area (Å²) in [4.78, 5) is 22.2. The first-order valence-electron chi connectivity index (χ1n) is 12.1. The van der Waals surface area contributed by atoms with Crippen molar-refractivity contribution in [2.45, 2.75) is 49.1 Å². The van der Waals surface area contributed by atoms with Gasteiger partial charge >= 0.3 is 11.9 Å². The molecule has 0 aliphatic carbocycles. The van der Waals surface area contributed by atoms with Crippen LogP contribution in [-0.4, -0.2) is 90.5 Å². The van der Waals surface area contributed by atoms with E-state index >= 15 is 0 Å². The molecule has 1 saturated heterocycles. The fraction of sp³-hybridized carbons (Fsp3) is 0.462. The maximum absolute atomic E-state index is 11.6. The monoisotopic (exact) mass is 548 g/mol. The summed E-state index contributed by atoms with van der Waals surface area (Å²) in [6.07, 6.45) is -8.88. The molecule has 0 radical (unpaired) electrons. The van der Waals surface area contributed by atoms with E-state index in [2.05, 4.69) is 0 Å². The molecule has 2 aromatic carbocycles. The average molecular weight is 548 g/mol. The molecule has 3 aliphatic heterocycles. The quantitative estimate of drug-likeness (QED) is 0.265. The first-order chi connectivity index (χ1) is 18.7. The van der Waals surface area contributed by atoms with Gasteiger partial charge in [-0.1, -0.05) is 6.07 Å². The number of carbonyl (C=O) groups is 2. The van der Waals surface area contributed by atoms with Crippen molar-refractivity contribution in [1.29, 1.82) is 0 Å². The third-order valence-corrected chi connectivity index (χ3v) is 6.88. The van der Waals surface area contributed by atoms with Crippen LogP contribution >= 0.6 is 0 Å². The minimum Gasteiger partial charge on any atom is -0.493 e. The highest BCUT2D eigenvalue weighted by Gasteiger charge is 2.46. The lowest BCUT2D eigenvalue weighted by atomic mass is 9.89. The summed E-state index contributed by atoms with van der Waals surface area (Å²) in [5.41, 5.74) is 1.70. The van der Waals surface area contributed by atoms with Crippen molar-refractivity contribution in [2.75, 3.05) is 27.4 Å². The molecular formula is C26H28O13. The van der Waals surface area contributed by atoms with Gasteiger partial charge in [-0.2, -0.15) is 0 Å². The van der Waals surface area contributed by atoms with Crippen molar-refractivity contribution in [1.82, 2.24) is 0 Å². The van der Waals surface area contributed by atoms with E-state index < -0.39 is 55.7 Å². The van der Waals surface area contributed by atoms with E-state index in [0.29, 0.717) is 29.6 Å². The van der Waals surface area contributed by atoms with Crippen molar-refractivity contribution in [2.24, 2.45) is 0 Å².